The van der Waals surface area contributed by atoms with E-state index in [0.29, 0.717) is 35.6 Å². The Balaban J connectivity index is 1.82. The van der Waals surface area contributed by atoms with Gasteiger partial charge in [-0.2, -0.15) is 0 Å². The van der Waals surface area contributed by atoms with Crippen molar-refractivity contribution in [1.82, 2.24) is 15.2 Å². The Hall–Kier alpha value is -2.62. The Morgan fingerprint density at radius 3 is 2.71 bits per heavy atom. The molecule has 0 saturated heterocycles. The van der Waals surface area contributed by atoms with Crippen molar-refractivity contribution >= 4 is 40.0 Å². The number of halogens is 1. The maximum Gasteiger partial charge on any atom is 0.260 e. The first-order valence-corrected chi connectivity index (χ1v) is 9.90. The van der Waals surface area contributed by atoms with E-state index in [2.05, 4.69) is 33.2 Å². The fourth-order valence-electron chi connectivity index (χ4n) is 2.84. The molecule has 0 spiro atoms. The molecule has 1 aliphatic rings. The van der Waals surface area contributed by atoms with Gasteiger partial charge < -0.3 is 14.6 Å². The van der Waals surface area contributed by atoms with E-state index in [1.165, 1.54) is 6.07 Å². The lowest BCUT2D eigenvalue weighted by atomic mass is 9.96. The summed E-state index contributed by atoms with van der Waals surface area (Å²) < 4.78 is 8.18. The van der Waals surface area contributed by atoms with Gasteiger partial charge in [0, 0.05) is 39.7 Å². The maximum atomic E-state index is 12.3. The molecule has 28 heavy (non-hydrogen) atoms. The van der Waals surface area contributed by atoms with Crippen LogP contribution >= 0.6 is 22.6 Å². The van der Waals surface area contributed by atoms with Crippen molar-refractivity contribution in [2.75, 3.05) is 6.61 Å². The third kappa shape index (κ3) is 4.27. The van der Waals surface area contributed by atoms with E-state index >= 15 is 0 Å². The third-order valence-electron chi connectivity index (χ3n) is 4.28. The first kappa shape index (κ1) is 20.1. The number of rotatable bonds is 6. The predicted octanol–water partition coefficient (Wildman–Crippen LogP) is 2.18. The average Bonchev–Trinajstić information content (AvgIpc) is 2.65. The number of pyridine rings is 1. The number of ether oxygens (including phenoxy) is 1. The summed E-state index contributed by atoms with van der Waals surface area (Å²) in [5, 5.41) is 5.41. The first-order chi connectivity index (χ1) is 13.4. The zero-order chi connectivity index (χ0) is 20.3. The zero-order valence-electron chi connectivity index (χ0n) is 15.5. The number of amides is 2. The summed E-state index contributed by atoms with van der Waals surface area (Å²) in [6.45, 7) is 2.80. The van der Waals surface area contributed by atoms with Gasteiger partial charge in [0.1, 0.15) is 0 Å². The van der Waals surface area contributed by atoms with Crippen LogP contribution in [0.3, 0.4) is 0 Å². The van der Waals surface area contributed by atoms with E-state index in [4.69, 9.17) is 4.74 Å². The number of imide groups is 1. The second-order valence-corrected chi connectivity index (χ2v) is 7.61. The van der Waals surface area contributed by atoms with E-state index < -0.39 is 11.8 Å². The molecule has 2 amide bonds. The van der Waals surface area contributed by atoms with Crippen LogP contribution in [0.15, 0.2) is 41.5 Å². The molecule has 8 heteroatoms. The second-order valence-electron chi connectivity index (χ2n) is 6.36. The van der Waals surface area contributed by atoms with E-state index in [0.717, 1.165) is 15.7 Å². The highest BCUT2D eigenvalue weighted by Gasteiger charge is 2.27. The molecule has 1 aromatic carbocycles. The Bertz CT molecular complexity index is 1030. The number of aromatic nitrogens is 1. The molecular formula is C20H20IN3O4. The van der Waals surface area contributed by atoms with Gasteiger partial charge in [0.05, 0.1) is 24.9 Å². The minimum Gasteiger partial charge on any atom is -0.488 e. The van der Waals surface area contributed by atoms with Crippen molar-refractivity contribution in [3.63, 3.8) is 0 Å². The van der Waals surface area contributed by atoms with Crippen LogP contribution in [-0.2, 0) is 18.4 Å². The number of nitrogens with zero attached hydrogens (tertiary/aromatic N) is 1. The molecule has 3 rings (SSSR count). The summed E-state index contributed by atoms with van der Waals surface area (Å²) in [4.78, 5) is 36.4. The lowest BCUT2D eigenvalue weighted by molar-refractivity contribution is -0.114. The van der Waals surface area contributed by atoms with E-state index in [9.17, 15) is 14.4 Å². The fourth-order valence-corrected chi connectivity index (χ4v) is 3.33. The second kappa shape index (κ2) is 8.59. The van der Waals surface area contributed by atoms with Crippen LogP contribution < -0.4 is 20.8 Å². The summed E-state index contributed by atoms with van der Waals surface area (Å²) in [6.07, 6.45) is 4.06. The van der Waals surface area contributed by atoms with Crippen LogP contribution in [0.25, 0.3) is 5.57 Å². The molecule has 0 saturated carbocycles. The Labute approximate surface area is 175 Å². The van der Waals surface area contributed by atoms with Crippen molar-refractivity contribution in [3.8, 4) is 5.75 Å². The van der Waals surface area contributed by atoms with Gasteiger partial charge in [-0.25, -0.2) is 0 Å². The molecule has 2 heterocycles. The number of nitrogens with one attached hydrogen (secondary N) is 2. The van der Waals surface area contributed by atoms with Crippen molar-refractivity contribution in [1.29, 1.82) is 0 Å². The molecular weight excluding hydrogens is 473 g/mol. The van der Waals surface area contributed by atoms with Crippen LogP contribution in [0.2, 0.25) is 0 Å². The van der Waals surface area contributed by atoms with E-state index in [1.807, 2.05) is 20.0 Å². The lowest BCUT2D eigenvalue weighted by Gasteiger charge is -2.19. The largest absolute Gasteiger partial charge is 0.488 e. The zero-order valence-corrected chi connectivity index (χ0v) is 17.7. The standard InChI is InChI=1S/C20H20IN3O4/c1-3-6-28-18-11-24(2)13(8-17(18)25)9-22-10-16-15-7-12(21)4-5-14(15)19(26)23-20(16)27/h4-5,7-8,10-11,22H,3,6,9H2,1-2H3,(H,23,26,27)/b16-10+. The number of hydrogen-bond donors (Lipinski definition) is 2. The maximum absolute atomic E-state index is 12.3. The van der Waals surface area contributed by atoms with Gasteiger partial charge >= 0.3 is 0 Å². The van der Waals surface area contributed by atoms with Crippen LogP contribution in [0.5, 0.6) is 5.75 Å². The molecule has 0 bridgehead atoms. The molecule has 2 N–H and O–H groups in total. The molecule has 0 fully saturated rings. The molecule has 0 unspecified atom stereocenters. The van der Waals surface area contributed by atoms with Gasteiger partial charge in [0.2, 0.25) is 5.43 Å². The lowest BCUT2D eigenvalue weighted by Crippen LogP contribution is -2.37. The predicted molar refractivity (Wildman–Crippen MR) is 114 cm³/mol. The van der Waals surface area contributed by atoms with Crippen molar-refractivity contribution in [2.24, 2.45) is 7.05 Å². The van der Waals surface area contributed by atoms with Crippen LogP contribution in [0.4, 0.5) is 0 Å². The van der Waals surface area contributed by atoms with Crippen molar-refractivity contribution in [3.05, 3.63) is 67.3 Å². The summed E-state index contributed by atoms with van der Waals surface area (Å²) in [5.74, 6) is -0.539. The fraction of sp³-hybridized carbons (Fsp3) is 0.250. The van der Waals surface area contributed by atoms with Gasteiger partial charge in [-0.15, -0.1) is 0 Å². The summed E-state index contributed by atoms with van der Waals surface area (Å²) in [7, 11) is 1.83. The quantitative estimate of drug-likeness (QED) is 0.366. The molecule has 0 atom stereocenters. The first-order valence-electron chi connectivity index (χ1n) is 8.82. The van der Waals surface area contributed by atoms with Crippen LogP contribution in [0, 0.1) is 3.57 Å². The van der Waals surface area contributed by atoms with Gasteiger partial charge in [0.25, 0.3) is 11.8 Å². The number of carbonyl (C=O) groups excluding carboxylic acids is 2. The summed E-state index contributed by atoms with van der Waals surface area (Å²) in [5.41, 5.74) is 1.97. The summed E-state index contributed by atoms with van der Waals surface area (Å²) in [6, 6.07) is 6.83. The Kier molecular flexibility index (Phi) is 6.18. The number of aryl methyl sites for hydroxylation is 1. The highest BCUT2D eigenvalue weighted by molar-refractivity contribution is 14.1. The number of carbonyl (C=O) groups is 2. The topological polar surface area (TPSA) is 89.4 Å². The van der Waals surface area contributed by atoms with Crippen LogP contribution in [0.1, 0.15) is 35.0 Å². The minimum absolute atomic E-state index is 0.183. The smallest absolute Gasteiger partial charge is 0.260 e. The molecule has 0 radical (unpaired) electrons. The molecule has 1 aliphatic heterocycles. The number of benzene rings is 1. The highest BCUT2D eigenvalue weighted by atomic mass is 127. The molecule has 7 nitrogen and oxygen atoms in total. The highest BCUT2D eigenvalue weighted by Crippen LogP contribution is 2.25. The summed E-state index contributed by atoms with van der Waals surface area (Å²) >= 11 is 2.14. The number of fused-ring (bicyclic) bond motifs is 1. The molecule has 2 aromatic rings. The van der Waals surface area contributed by atoms with Crippen molar-refractivity contribution in [2.45, 2.75) is 19.9 Å². The number of hydrogen-bond acceptors (Lipinski definition) is 5. The molecule has 0 aliphatic carbocycles. The minimum atomic E-state index is -0.454. The van der Waals surface area contributed by atoms with Gasteiger partial charge in [-0.05, 0) is 47.2 Å². The molecule has 1 aromatic heterocycles. The van der Waals surface area contributed by atoms with Gasteiger partial charge in [-0.3, -0.25) is 19.7 Å². The van der Waals surface area contributed by atoms with E-state index in [1.54, 1.807) is 29.1 Å². The van der Waals surface area contributed by atoms with Gasteiger partial charge in [0.15, 0.2) is 5.75 Å². The Morgan fingerprint density at radius 1 is 1.18 bits per heavy atom. The van der Waals surface area contributed by atoms with E-state index in [-0.39, 0.29) is 5.43 Å². The van der Waals surface area contributed by atoms with Crippen molar-refractivity contribution < 1.29 is 14.3 Å². The van der Waals surface area contributed by atoms with Crippen LogP contribution in [-0.4, -0.2) is 23.0 Å². The SMILES string of the molecule is CCCOc1cn(C)c(CN/C=C2/C(=O)NC(=O)c3ccc(I)cc32)cc1=O. The van der Waals surface area contributed by atoms with Gasteiger partial charge in [-0.1, -0.05) is 6.92 Å². The monoisotopic (exact) mass is 493 g/mol. The normalized spacial score (nSPS) is 14.6. The third-order valence-corrected chi connectivity index (χ3v) is 4.95. The molecule has 146 valence electrons. The average molecular weight is 493 g/mol. The Morgan fingerprint density at radius 2 is 1.96 bits per heavy atom.